The van der Waals surface area contributed by atoms with E-state index in [2.05, 4.69) is 5.32 Å². The number of hydrogen-bond acceptors (Lipinski definition) is 3. The molecule has 0 radical (unpaired) electrons. The normalized spacial score (nSPS) is 13.9. The highest BCUT2D eigenvalue weighted by molar-refractivity contribution is 7.86. The van der Waals surface area contributed by atoms with Crippen LogP contribution in [0.2, 0.25) is 0 Å². The minimum Gasteiger partial charge on any atom is -0.397 e. The van der Waals surface area contributed by atoms with Gasteiger partial charge in [-0.1, -0.05) is 26.0 Å². The molecule has 18 heavy (non-hydrogen) atoms. The summed E-state index contributed by atoms with van der Waals surface area (Å²) in [7, 11) is -1.13. The van der Waals surface area contributed by atoms with Crippen LogP contribution in [0.3, 0.4) is 0 Å². The average molecular weight is 268 g/mol. The Morgan fingerprint density at radius 3 is 2.72 bits per heavy atom. The summed E-state index contributed by atoms with van der Waals surface area (Å²) in [6.07, 6.45) is 0.798. The maximum atomic E-state index is 11.8. The van der Waals surface area contributed by atoms with E-state index >= 15 is 0 Å². The number of carbonyl (C=O) groups excluding carboxylic acids is 1. The van der Waals surface area contributed by atoms with Crippen molar-refractivity contribution in [1.82, 2.24) is 0 Å². The van der Waals surface area contributed by atoms with E-state index < -0.39 is 10.8 Å². The standard InChI is InChI=1S/C13H20N2O2S/c1-4-10(3)18(17)8-12(16)15-13-9(2)6-5-7-11(13)14/h5-7,10H,4,8,14H2,1-3H3,(H,15,16). The molecule has 2 unspecified atom stereocenters. The molecule has 0 aliphatic carbocycles. The van der Waals surface area contributed by atoms with Gasteiger partial charge in [-0.25, -0.2) is 0 Å². The van der Waals surface area contributed by atoms with E-state index in [9.17, 15) is 9.00 Å². The maximum Gasteiger partial charge on any atom is 0.237 e. The van der Waals surface area contributed by atoms with Crippen molar-refractivity contribution in [2.24, 2.45) is 0 Å². The summed E-state index contributed by atoms with van der Waals surface area (Å²) in [6.45, 7) is 5.71. The highest BCUT2D eigenvalue weighted by Gasteiger charge is 2.15. The fourth-order valence-corrected chi connectivity index (χ4v) is 2.48. The highest BCUT2D eigenvalue weighted by atomic mass is 32.2. The number of nitrogen functional groups attached to an aromatic ring is 1. The van der Waals surface area contributed by atoms with Crippen LogP contribution in [-0.4, -0.2) is 21.1 Å². The third-order valence-electron chi connectivity index (χ3n) is 2.87. The van der Waals surface area contributed by atoms with Gasteiger partial charge in [0.05, 0.1) is 11.4 Å². The summed E-state index contributed by atoms with van der Waals surface area (Å²) in [5.74, 6) is -0.238. The topological polar surface area (TPSA) is 72.2 Å². The third-order valence-corrected chi connectivity index (χ3v) is 4.64. The smallest absolute Gasteiger partial charge is 0.237 e. The van der Waals surface area contributed by atoms with Gasteiger partial charge in [0.15, 0.2) is 0 Å². The Morgan fingerprint density at radius 2 is 2.17 bits per heavy atom. The van der Waals surface area contributed by atoms with Crippen LogP contribution >= 0.6 is 0 Å². The molecule has 0 saturated heterocycles. The molecule has 0 fully saturated rings. The van der Waals surface area contributed by atoms with Crippen molar-refractivity contribution in [1.29, 1.82) is 0 Å². The SMILES string of the molecule is CCC(C)S(=O)CC(=O)Nc1c(C)cccc1N. The van der Waals surface area contributed by atoms with Gasteiger partial charge >= 0.3 is 0 Å². The van der Waals surface area contributed by atoms with Crippen molar-refractivity contribution >= 4 is 28.1 Å². The first-order valence-corrected chi connectivity index (χ1v) is 7.36. The van der Waals surface area contributed by atoms with E-state index in [0.717, 1.165) is 12.0 Å². The average Bonchev–Trinajstić information content (AvgIpc) is 2.32. The summed E-state index contributed by atoms with van der Waals surface area (Å²) >= 11 is 0. The molecular formula is C13H20N2O2S. The molecule has 3 N–H and O–H groups in total. The summed E-state index contributed by atoms with van der Waals surface area (Å²) in [4.78, 5) is 11.8. The van der Waals surface area contributed by atoms with E-state index in [1.165, 1.54) is 0 Å². The van der Waals surface area contributed by atoms with Gasteiger partial charge in [0.2, 0.25) is 5.91 Å². The second kappa shape index (κ2) is 6.54. The van der Waals surface area contributed by atoms with Crippen molar-refractivity contribution in [2.75, 3.05) is 16.8 Å². The van der Waals surface area contributed by atoms with Gasteiger partial charge in [-0.15, -0.1) is 0 Å². The van der Waals surface area contributed by atoms with Gasteiger partial charge in [-0.05, 0) is 25.0 Å². The number of anilines is 2. The van der Waals surface area contributed by atoms with Crippen LogP contribution in [0.5, 0.6) is 0 Å². The van der Waals surface area contributed by atoms with Gasteiger partial charge in [-0.3, -0.25) is 9.00 Å². The zero-order valence-corrected chi connectivity index (χ0v) is 11.8. The number of nitrogens with two attached hydrogens (primary N) is 1. The molecule has 1 aromatic rings. The van der Waals surface area contributed by atoms with Crippen LogP contribution < -0.4 is 11.1 Å². The lowest BCUT2D eigenvalue weighted by Crippen LogP contribution is -2.25. The number of rotatable bonds is 5. The zero-order valence-electron chi connectivity index (χ0n) is 11.0. The molecule has 100 valence electrons. The van der Waals surface area contributed by atoms with E-state index in [-0.39, 0.29) is 16.9 Å². The molecule has 0 aliphatic heterocycles. The first-order chi connectivity index (χ1) is 8.45. The van der Waals surface area contributed by atoms with E-state index in [1.54, 1.807) is 6.07 Å². The van der Waals surface area contributed by atoms with Crippen molar-refractivity contribution < 1.29 is 9.00 Å². The summed E-state index contributed by atoms with van der Waals surface area (Å²) in [5, 5.41) is 2.76. The zero-order chi connectivity index (χ0) is 13.7. The predicted octanol–water partition coefficient (Wildman–Crippen LogP) is 2.06. The second-order valence-corrected chi connectivity index (χ2v) is 6.19. The molecule has 0 saturated carbocycles. The lowest BCUT2D eigenvalue weighted by atomic mass is 10.1. The van der Waals surface area contributed by atoms with Gasteiger partial charge in [0, 0.05) is 16.0 Å². The number of para-hydroxylation sites is 1. The quantitative estimate of drug-likeness (QED) is 0.803. The fourth-order valence-electron chi connectivity index (χ4n) is 1.49. The largest absolute Gasteiger partial charge is 0.397 e. The molecule has 1 aromatic carbocycles. The van der Waals surface area contributed by atoms with E-state index in [4.69, 9.17) is 5.73 Å². The minimum atomic E-state index is -1.13. The Labute approximate surface area is 110 Å². The number of benzene rings is 1. The van der Waals surface area contributed by atoms with Crippen molar-refractivity contribution in [3.05, 3.63) is 23.8 Å². The fraction of sp³-hybridized carbons (Fsp3) is 0.462. The molecular weight excluding hydrogens is 248 g/mol. The minimum absolute atomic E-state index is 0.0166. The van der Waals surface area contributed by atoms with Crippen LogP contribution in [0.15, 0.2) is 18.2 Å². The van der Waals surface area contributed by atoms with Crippen LogP contribution in [0, 0.1) is 6.92 Å². The molecule has 0 spiro atoms. The van der Waals surface area contributed by atoms with Crippen LogP contribution in [0.4, 0.5) is 11.4 Å². The van der Waals surface area contributed by atoms with E-state index in [0.29, 0.717) is 11.4 Å². The van der Waals surface area contributed by atoms with Crippen LogP contribution in [0.25, 0.3) is 0 Å². The molecule has 2 atom stereocenters. The summed E-state index contributed by atoms with van der Waals surface area (Å²) < 4.78 is 11.8. The predicted molar refractivity (Wildman–Crippen MR) is 77.0 cm³/mol. The Hall–Kier alpha value is -1.36. The molecule has 0 bridgehead atoms. The maximum absolute atomic E-state index is 11.8. The van der Waals surface area contributed by atoms with Crippen LogP contribution in [-0.2, 0) is 15.6 Å². The Balaban J connectivity index is 2.68. The second-order valence-electron chi connectivity index (χ2n) is 4.33. The van der Waals surface area contributed by atoms with Gasteiger partial charge < -0.3 is 11.1 Å². The van der Waals surface area contributed by atoms with E-state index in [1.807, 2.05) is 32.9 Å². The van der Waals surface area contributed by atoms with Gasteiger partial charge in [-0.2, -0.15) is 0 Å². The molecule has 1 amide bonds. The number of amides is 1. The number of nitrogens with one attached hydrogen (secondary N) is 1. The van der Waals surface area contributed by atoms with Crippen LogP contribution in [0.1, 0.15) is 25.8 Å². The Kier molecular flexibility index (Phi) is 5.34. The third kappa shape index (κ3) is 3.84. The number of carbonyl (C=O) groups is 1. The highest BCUT2D eigenvalue weighted by Crippen LogP contribution is 2.22. The Morgan fingerprint density at radius 1 is 1.50 bits per heavy atom. The van der Waals surface area contributed by atoms with Gasteiger partial charge in [0.1, 0.15) is 5.75 Å². The monoisotopic (exact) mass is 268 g/mol. The first-order valence-electron chi connectivity index (χ1n) is 5.97. The van der Waals surface area contributed by atoms with Crippen molar-refractivity contribution in [3.63, 3.8) is 0 Å². The Bertz CT molecular complexity index is 440. The number of hydrogen-bond donors (Lipinski definition) is 2. The first kappa shape index (κ1) is 14.7. The summed E-state index contributed by atoms with van der Waals surface area (Å²) in [5.41, 5.74) is 7.84. The molecule has 5 heteroatoms. The van der Waals surface area contributed by atoms with Crippen molar-refractivity contribution in [3.8, 4) is 0 Å². The number of aryl methyl sites for hydroxylation is 1. The summed E-state index contributed by atoms with van der Waals surface area (Å²) in [6, 6.07) is 5.43. The lowest BCUT2D eigenvalue weighted by molar-refractivity contribution is -0.113. The molecule has 0 aromatic heterocycles. The lowest BCUT2D eigenvalue weighted by Gasteiger charge is -2.12. The molecule has 1 rings (SSSR count). The van der Waals surface area contributed by atoms with Gasteiger partial charge in [0.25, 0.3) is 0 Å². The van der Waals surface area contributed by atoms with Crippen molar-refractivity contribution in [2.45, 2.75) is 32.4 Å². The molecule has 0 heterocycles. The molecule has 0 aliphatic rings. The molecule has 4 nitrogen and oxygen atoms in total.